The van der Waals surface area contributed by atoms with Crippen LogP contribution in [0.4, 0.5) is 0 Å². The maximum Gasteiger partial charge on any atom is 0.207 e. The van der Waals surface area contributed by atoms with Crippen molar-refractivity contribution >= 4 is 11.6 Å². The highest BCUT2D eigenvalue weighted by Gasteiger charge is 2.63. The van der Waals surface area contributed by atoms with Crippen molar-refractivity contribution in [2.45, 2.75) is 51.0 Å². The van der Waals surface area contributed by atoms with Gasteiger partial charge in [0.15, 0.2) is 5.60 Å². The Morgan fingerprint density at radius 2 is 1.96 bits per heavy atom. The molecule has 0 aromatic heterocycles. The van der Waals surface area contributed by atoms with Crippen LogP contribution in [0.1, 0.15) is 53.7 Å². The number of ketones is 2. The molecule has 4 rings (SSSR count). The summed E-state index contributed by atoms with van der Waals surface area (Å²) in [6.07, 6.45) is 1.68. The Hall–Kier alpha value is -2.42. The maximum absolute atomic E-state index is 13.6. The third-order valence-corrected chi connectivity index (χ3v) is 5.88. The minimum absolute atomic E-state index is 0.00644. The fourth-order valence-electron chi connectivity index (χ4n) is 4.64. The molecule has 1 spiro atoms. The van der Waals surface area contributed by atoms with Gasteiger partial charge in [-0.1, -0.05) is 48.9 Å². The molecule has 3 nitrogen and oxygen atoms in total. The molecule has 0 bridgehead atoms. The molecule has 2 unspecified atom stereocenters. The van der Waals surface area contributed by atoms with Gasteiger partial charge in [-0.25, -0.2) is 0 Å². The van der Waals surface area contributed by atoms with Crippen molar-refractivity contribution in [3.05, 3.63) is 64.7 Å². The maximum atomic E-state index is 13.6. The number of rotatable bonds is 2. The lowest BCUT2D eigenvalue weighted by atomic mass is 9.60. The first kappa shape index (κ1) is 16.1. The fraction of sp³-hybridized carbons (Fsp3) is 0.364. The van der Waals surface area contributed by atoms with Gasteiger partial charge in [0.2, 0.25) is 5.78 Å². The van der Waals surface area contributed by atoms with E-state index in [-0.39, 0.29) is 11.6 Å². The molecule has 128 valence electrons. The van der Waals surface area contributed by atoms with Crippen molar-refractivity contribution < 1.29 is 14.3 Å². The van der Waals surface area contributed by atoms with E-state index >= 15 is 0 Å². The van der Waals surface area contributed by atoms with E-state index in [2.05, 4.69) is 6.07 Å². The van der Waals surface area contributed by atoms with Crippen LogP contribution in [0.15, 0.2) is 42.5 Å². The Kier molecular flexibility index (Phi) is 3.40. The van der Waals surface area contributed by atoms with E-state index in [1.165, 1.54) is 0 Å². The van der Waals surface area contributed by atoms with Gasteiger partial charge in [-0.3, -0.25) is 9.59 Å². The number of fused-ring (bicyclic) bond motifs is 2. The molecule has 25 heavy (non-hydrogen) atoms. The van der Waals surface area contributed by atoms with Crippen LogP contribution in [0.25, 0.3) is 0 Å². The van der Waals surface area contributed by atoms with Crippen molar-refractivity contribution in [3.63, 3.8) is 0 Å². The molecule has 0 saturated heterocycles. The van der Waals surface area contributed by atoms with E-state index in [0.29, 0.717) is 12.8 Å². The van der Waals surface area contributed by atoms with Crippen LogP contribution in [0.5, 0.6) is 5.75 Å². The SMILES string of the molecule is CC(=O)CC1(C)c2cc(C)ccc2OC12CCc1ccccc1C2=O. The van der Waals surface area contributed by atoms with E-state index in [1.54, 1.807) is 6.92 Å². The average molecular weight is 334 g/mol. The molecule has 2 aliphatic rings. The van der Waals surface area contributed by atoms with E-state index in [4.69, 9.17) is 4.74 Å². The summed E-state index contributed by atoms with van der Waals surface area (Å²) in [5, 5.41) is 0. The van der Waals surface area contributed by atoms with E-state index in [0.717, 1.165) is 34.4 Å². The van der Waals surface area contributed by atoms with Crippen molar-refractivity contribution in [2.24, 2.45) is 0 Å². The number of benzene rings is 2. The van der Waals surface area contributed by atoms with Crippen molar-refractivity contribution in [3.8, 4) is 5.75 Å². The molecule has 1 aliphatic carbocycles. The zero-order valence-electron chi connectivity index (χ0n) is 14.9. The first-order valence-corrected chi connectivity index (χ1v) is 8.80. The molecule has 1 heterocycles. The van der Waals surface area contributed by atoms with Gasteiger partial charge in [0.1, 0.15) is 11.5 Å². The van der Waals surface area contributed by atoms with Crippen LogP contribution in [0.2, 0.25) is 0 Å². The molecule has 2 aromatic rings. The second-order valence-electron chi connectivity index (χ2n) is 7.63. The summed E-state index contributed by atoms with van der Waals surface area (Å²) >= 11 is 0. The molecular formula is C22H22O3. The predicted molar refractivity (Wildman–Crippen MR) is 96.3 cm³/mol. The molecule has 0 fully saturated rings. The zero-order valence-corrected chi connectivity index (χ0v) is 14.9. The number of Topliss-reactive ketones (excluding diaryl/α,β-unsaturated/α-hetero) is 2. The average Bonchev–Trinajstić information content (AvgIpc) is 2.80. The summed E-state index contributed by atoms with van der Waals surface area (Å²) in [6, 6.07) is 13.7. The number of carbonyl (C=O) groups is 2. The topological polar surface area (TPSA) is 43.4 Å². The number of ether oxygens (including phenoxy) is 1. The lowest BCUT2D eigenvalue weighted by molar-refractivity contribution is -0.119. The predicted octanol–water partition coefficient (Wildman–Crippen LogP) is 4.19. The largest absolute Gasteiger partial charge is 0.478 e. The van der Waals surface area contributed by atoms with Gasteiger partial charge in [0.25, 0.3) is 0 Å². The molecular weight excluding hydrogens is 312 g/mol. The van der Waals surface area contributed by atoms with Crippen LogP contribution in [-0.4, -0.2) is 17.2 Å². The van der Waals surface area contributed by atoms with Crippen molar-refractivity contribution in [1.82, 2.24) is 0 Å². The van der Waals surface area contributed by atoms with Gasteiger partial charge in [-0.05, 0) is 38.3 Å². The molecule has 0 amide bonds. The number of carbonyl (C=O) groups excluding carboxylic acids is 2. The van der Waals surface area contributed by atoms with Crippen LogP contribution < -0.4 is 4.74 Å². The highest BCUT2D eigenvalue weighted by atomic mass is 16.5. The first-order valence-electron chi connectivity index (χ1n) is 8.80. The van der Waals surface area contributed by atoms with Crippen LogP contribution in [-0.2, 0) is 16.6 Å². The van der Waals surface area contributed by atoms with Crippen LogP contribution >= 0.6 is 0 Å². The van der Waals surface area contributed by atoms with Gasteiger partial charge in [-0.2, -0.15) is 0 Å². The normalized spacial score (nSPS) is 26.9. The standard InChI is InChI=1S/C22H22O3/c1-14-8-9-19-18(12-14)21(3,13-15(2)23)22(25-19)11-10-16-6-4-5-7-17(16)20(22)24/h4-9,12H,10-11,13H2,1-3H3. The van der Waals surface area contributed by atoms with E-state index < -0.39 is 11.0 Å². The van der Waals surface area contributed by atoms with E-state index in [9.17, 15) is 9.59 Å². The quantitative estimate of drug-likeness (QED) is 0.827. The zero-order chi connectivity index (χ0) is 17.8. The molecule has 2 aromatic carbocycles. The summed E-state index contributed by atoms with van der Waals surface area (Å²) in [5.41, 5.74) is 2.24. The number of hydrogen-bond donors (Lipinski definition) is 0. The Bertz CT molecular complexity index is 898. The summed E-state index contributed by atoms with van der Waals surface area (Å²) in [4.78, 5) is 25.7. The summed E-state index contributed by atoms with van der Waals surface area (Å²) < 4.78 is 6.37. The van der Waals surface area contributed by atoms with Crippen LogP contribution in [0, 0.1) is 6.92 Å². The summed E-state index contributed by atoms with van der Waals surface area (Å²) in [6.45, 7) is 5.64. The molecule has 1 aliphatic heterocycles. The molecule has 0 radical (unpaired) electrons. The highest BCUT2D eigenvalue weighted by molar-refractivity contribution is 6.07. The Morgan fingerprint density at radius 1 is 1.20 bits per heavy atom. The number of aryl methyl sites for hydroxylation is 2. The second kappa shape index (κ2) is 5.29. The second-order valence-corrected chi connectivity index (χ2v) is 7.63. The van der Waals surface area contributed by atoms with Crippen molar-refractivity contribution in [2.75, 3.05) is 0 Å². The van der Waals surface area contributed by atoms with Crippen LogP contribution in [0.3, 0.4) is 0 Å². The smallest absolute Gasteiger partial charge is 0.207 e. The number of hydrogen-bond acceptors (Lipinski definition) is 3. The molecule has 0 N–H and O–H groups in total. The lowest BCUT2D eigenvalue weighted by Gasteiger charge is -2.43. The third kappa shape index (κ3) is 2.11. The third-order valence-electron chi connectivity index (χ3n) is 5.88. The molecule has 3 heteroatoms. The Morgan fingerprint density at radius 3 is 2.72 bits per heavy atom. The minimum Gasteiger partial charge on any atom is -0.478 e. The minimum atomic E-state index is -0.997. The van der Waals surface area contributed by atoms with Gasteiger partial charge >= 0.3 is 0 Å². The molecule has 2 atom stereocenters. The lowest BCUT2D eigenvalue weighted by Crippen LogP contribution is -2.58. The monoisotopic (exact) mass is 334 g/mol. The first-order chi connectivity index (χ1) is 11.9. The summed E-state index contributed by atoms with van der Waals surface area (Å²) in [5.74, 6) is 0.820. The van der Waals surface area contributed by atoms with E-state index in [1.807, 2.05) is 50.2 Å². The highest BCUT2D eigenvalue weighted by Crippen LogP contribution is 2.56. The molecule has 0 saturated carbocycles. The van der Waals surface area contributed by atoms with Gasteiger partial charge < -0.3 is 4.74 Å². The van der Waals surface area contributed by atoms with Gasteiger partial charge in [0, 0.05) is 17.5 Å². The van der Waals surface area contributed by atoms with Gasteiger partial charge in [0.05, 0.1) is 5.41 Å². The Balaban J connectivity index is 1.93. The van der Waals surface area contributed by atoms with Gasteiger partial charge in [-0.15, -0.1) is 0 Å². The Labute approximate surface area is 148 Å². The summed E-state index contributed by atoms with van der Waals surface area (Å²) in [7, 11) is 0. The fourth-order valence-corrected chi connectivity index (χ4v) is 4.64. The van der Waals surface area contributed by atoms with Crippen molar-refractivity contribution in [1.29, 1.82) is 0 Å².